The molecule has 0 unspecified atom stereocenters. The molecule has 0 aliphatic carbocycles. The van der Waals surface area contributed by atoms with Crippen molar-refractivity contribution in [1.82, 2.24) is 14.2 Å². The molecule has 0 bridgehead atoms. The van der Waals surface area contributed by atoms with E-state index in [2.05, 4.69) is 22.1 Å². The number of nitrogens with zero attached hydrogens (tertiary/aromatic N) is 3. The Morgan fingerprint density at radius 2 is 1.86 bits per heavy atom. The van der Waals surface area contributed by atoms with Crippen molar-refractivity contribution in [2.24, 2.45) is 0 Å². The quantitative estimate of drug-likeness (QED) is 0.686. The zero-order chi connectivity index (χ0) is 20.7. The number of anilines is 1. The van der Waals surface area contributed by atoms with Crippen molar-refractivity contribution in [3.05, 3.63) is 54.4 Å². The molecule has 9 heteroatoms. The molecule has 0 atom stereocenters. The summed E-state index contributed by atoms with van der Waals surface area (Å²) in [7, 11) is -3.50. The Morgan fingerprint density at radius 3 is 2.48 bits per heavy atom. The van der Waals surface area contributed by atoms with Crippen molar-refractivity contribution in [2.45, 2.75) is 17.6 Å². The highest BCUT2D eigenvalue weighted by molar-refractivity contribution is 7.99. The van der Waals surface area contributed by atoms with Gasteiger partial charge >= 0.3 is 0 Å². The van der Waals surface area contributed by atoms with Gasteiger partial charge in [0.25, 0.3) is 0 Å². The third-order valence-electron chi connectivity index (χ3n) is 4.78. The minimum Gasteiger partial charge on any atom is -0.325 e. The lowest BCUT2D eigenvalue weighted by molar-refractivity contribution is -0.113. The zero-order valence-corrected chi connectivity index (χ0v) is 18.1. The van der Waals surface area contributed by atoms with Crippen LogP contribution in [0.25, 0.3) is 0 Å². The van der Waals surface area contributed by atoms with Gasteiger partial charge < -0.3 is 10.2 Å². The minimum atomic E-state index is -3.50. The van der Waals surface area contributed by atoms with Gasteiger partial charge in [-0.1, -0.05) is 13.0 Å². The Hall–Kier alpha value is -1.94. The highest BCUT2D eigenvalue weighted by Crippen LogP contribution is 2.20. The molecule has 1 saturated heterocycles. The van der Waals surface area contributed by atoms with E-state index in [0.717, 1.165) is 25.2 Å². The van der Waals surface area contributed by atoms with E-state index in [9.17, 15) is 13.2 Å². The Kier molecular flexibility index (Phi) is 7.65. The SMILES string of the molecule is CCN1CCN(S(=O)(=O)c2ccc(NC(=O)CSCc3cccnc3)cc2)CC1. The third-order valence-corrected chi connectivity index (χ3v) is 7.70. The van der Waals surface area contributed by atoms with Gasteiger partial charge in [0, 0.05) is 50.0 Å². The van der Waals surface area contributed by atoms with E-state index in [1.807, 2.05) is 12.1 Å². The molecule has 1 fully saturated rings. The van der Waals surface area contributed by atoms with Gasteiger partial charge in [-0.2, -0.15) is 4.31 Å². The number of carbonyl (C=O) groups excluding carboxylic acids is 1. The molecule has 156 valence electrons. The predicted octanol–water partition coefficient (Wildman–Crippen LogP) is 2.28. The number of amides is 1. The summed E-state index contributed by atoms with van der Waals surface area (Å²) in [5, 5.41) is 2.81. The fraction of sp³-hybridized carbons (Fsp3) is 0.400. The Balaban J connectivity index is 1.51. The number of benzene rings is 1. The Morgan fingerprint density at radius 1 is 1.14 bits per heavy atom. The lowest BCUT2D eigenvalue weighted by atomic mass is 10.3. The van der Waals surface area contributed by atoms with Crippen molar-refractivity contribution in [1.29, 1.82) is 0 Å². The van der Waals surface area contributed by atoms with Gasteiger partial charge in [-0.25, -0.2) is 8.42 Å². The van der Waals surface area contributed by atoms with Crippen LogP contribution in [0, 0.1) is 0 Å². The lowest BCUT2D eigenvalue weighted by Crippen LogP contribution is -2.48. The summed E-state index contributed by atoms with van der Waals surface area (Å²) in [6.45, 7) is 5.52. The fourth-order valence-electron chi connectivity index (χ4n) is 3.09. The summed E-state index contributed by atoms with van der Waals surface area (Å²) < 4.78 is 27.1. The highest BCUT2D eigenvalue weighted by Gasteiger charge is 2.27. The van der Waals surface area contributed by atoms with Crippen LogP contribution in [0.15, 0.2) is 53.7 Å². The van der Waals surface area contributed by atoms with Crippen LogP contribution >= 0.6 is 11.8 Å². The van der Waals surface area contributed by atoms with Crippen molar-refractivity contribution in [3.63, 3.8) is 0 Å². The van der Waals surface area contributed by atoms with E-state index >= 15 is 0 Å². The summed E-state index contributed by atoms with van der Waals surface area (Å²) in [5.74, 6) is 0.908. The van der Waals surface area contributed by atoms with Crippen LogP contribution in [-0.2, 0) is 20.6 Å². The first-order valence-electron chi connectivity index (χ1n) is 9.58. The second-order valence-corrected chi connectivity index (χ2v) is 9.69. The molecular weight excluding hydrogens is 408 g/mol. The average Bonchev–Trinajstić information content (AvgIpc) is 2.75. The number of pyridine rings is 1. The molecule has 1 aromatic carbocycles. The molecule has 0 spiro atoms. The average molecular weight is 435 g/mol. The van der Waals surface area contributed by atoms with E-state index < -0.39 is 10.0 Å². The summed E-state index contributed by atoms with van der Waals surface area (Å²) in [5.41, 5.74) is 1.66. The molecule has 3 rings (SSSR count). The number of nitrogens with one attached hydrogen (secondary N) is 1. The van der Waals surface area contributed by atoms with Gasteiger partial charge in [0.15, 0.2) is 0 Å². The summed E-state index contributed by atoms with van der Waals surface area (Å²) >= 11 is 1.50. The number of thioether (sulfide) groups is 1. The molecule has 2 aromatic rings. The maximum absolute atomic E-state index is 12.8. The summed E-state index contributed by atoms with van der Waals surface area (Å²) in [4.78, 5) is 18.7. The van der Waals surface area contributed by atoms with Gasteiger partial charge in [0.05, 0.1) is 10.6 Å². The smallest absolute Gasteiger partial charge is 0.243 e. The first-order chi connectivity index (χ1) is 14.0. The highest BCUT2D eigenvalue weighted by atomic mass is 32.2. The number of likely N-dealkylation sites (N-methyl/N-ethyl adjacent to an activating group) is 1. The molecule has 0 radical (unpaired) electrons. The molecule has 1 aromatic heterocycles. The van der Waals surface area contributed by atoms with Crippen LogP contribution in [0.4, 0.5) is 5.69 Å². The van der Waals surface area contributed by atoms with Gasteiger partial charge in [-0.15, -0.1) is 11.8 Å². The minimum absolute atomic E-state index is 0.120. The third kappa shape index (κ3) is 6.02. The van der Waals surface area contributed by atoms with Crippen LogP contribution in [0.3, 0.4) is 0 Å². The Bertz CT molecular complexity index is 897. The monoisotopic (exact) mass is 434 g/mol. The molecule has 1 aliphatic heterocycles. The van der Waals surface area contributed by atoms with Crippen molar-refractivity contribution in [3.8, 4) is 0 Å². The topological polar surface area (TPSA) is 82.6 Å². The second-order valence-electron chi connectivity index (χ2n) is 6.76. The number of aromatic nitrogens is 1. The van der Waals surface area contributed by atoms with Crippen LogP contribution in [-0.4, -0.2) is 67.0 Å². The van der Waals surface area contributed by atoms with E-state index in [0.29, 0.717) is 30.3 Å². The molecule has 1 amide bonds. The molecule has 2 heterocycles. The summed E-state index contributed by atoms with van der Waals surface area (Å²) in [6, 6.07) is 10.2. The van der Waals surface area contributed by atoms with E-state index in [4.69, 9.17) is 0 Å². The number of rotatable bonds is 8. The molecule has 1 aliphatic rings. The van der Waals surface area contributed by atoms with Gasteiger partial charge in [0.2, 0.25) is 15.9 Å². The van der Waals surface area contributed by atoms with Gasteiger partial charge in [-0.3, -0.25) is 9.78 Å². The normalized spacial score (nSPS) is 15.9. The van der Waals surface area contributed by atoms with E-state index in [1.54, 1.807) is 36.7 Å². The van der Waals surface area contributed by atoms with Gasteiger partial charge in [0.1, 0.15) is 0 Å². The fourth-order valence-corrected chi connectivity index (χ4v) is 5.28. The first kappa shape index (κ1) is 21.8. The second kappa shape index (κ2) is 10.2. The van der Waals surface area contributed by atoms with Crippen molar-refractivity contribution >= 4 is 33.4 Å². The first-order valence-corrected chi connectivity index (χ1v) is 12.2. The molecule has 0 saturated carbocycles. The van der Waals surface area contributed by atoms with Gasteiger partial charge in [-0.05, 0) is 42.4 Å². The standard InChI is InChI=1S/C20H26N4O3S2/c1-2-23-10-12-24(13-11-23)29(26,27)19-7-5-18(6-8-19)22-20(25)16-28-15-17-4-3-9-21-14-17/h3-9,14H,2,10-13,15-16H2,1H3,(H,22,25). The summed E-state index contributed by atoms with van der Waals surface area (Å²) in [6.07, 6.45) is 3.50. The van der Waals surface area contributed by atoms with Crippen LogP contribution in [0.1, 0.15) is 12.5 Å². The number of hydrogen-bond donors (Lipinski definition) is 1. The van der Waals surface area contributed by atoms with E-state index in [1.165, 1.54) is 16.1 Å². The van der Waals surface area contributed by atoms with Crippen LogP contribution in [0.5, 0.6) is 0 Å². The molecule has 29 heavy (non-hydrogen) atoms. The van der Waals surface area contributed by atoms with Crippen LogP contribution in [0.2, 0.25) is 0 Å². The number of piperazine rings is 1. The number of carbonyl (C=O) groups is 1. The molecule has 1 N–H and O–H groups in total. The van der Waals surface area contributed by atoms with Crippen molar-refractivity contribution in [2.75, 3.05) is 43.8 Å². The van der Waals surface area contributed by atoms with E-state index in [-0.39, 0.29) is 10.8 Å². The maximum atomic E-state index is 12.8. The molecular formula is C20H26N4O3S2. The van der Waals surface area contributed by atoms with Crippen molar-refractivity contribution < 1.29 is 13.2 Å². The molecule has 7 nitrogen and oxygen atoms in total. The number of hydrogen-bond acceptors (Lipinski definition) is 6. The number of sulfonamides is 1. The Labute approximate surface area is 176 Å². The zero-order valence-electron chi connectivity index (χ0n) is 16.5. The van der Waals surface area contributed by atoms with Crippen LogP contribution < -0.4 is 5.32 Å². The maximum Gasteiger partial charge on any atom is 0.243 e. The largest absolute Gasteiger partial charge is 0.325 e. The lowest BCUT2D eigenvalue weighted by Gasteiger charge is -2.33. The predicted molar refractivity (Wildman–Crippen MR) is 116 cm³/mol.